The zero-order valence-electron chi connectivity index (χ0n) is 22.4. The largest absolute Gasteiger partial charge is 0.493 e. The molecule has 0 fully saturated rings. The second-order valence-corrected chi connectivity index (χ2v) is 9.39. The molecule has 1 N–H and O–H groups in total. The number of carbonyl (C=O) groups is 1. The number of carbonyl (C=O) groups excluding carboxylic acids is 1. The third kappa shape index (κ3) is 5.34. The number of methoxy groups -OCH3 is 2. The molecule has 4 rings (SSSR count). The Labute approximate surface area is 221 Å². The Morgan fingerprint density at radius 2 is 1.58 bits per heavy atom. The number of aromatic nitrogens is 2. The van der Waals surface area contributed by atoms with Crippen molar-refractivity contribution in [3.05, 3.63) is 104 Å². The lowest BCUT2D eigenvalue weighted by molar-refractivity contribution is 0.0939. The number of hydrogen-bond acceptors (Lipinski definition) is 5. The smallest absolute Gasteiger partial charge is 0.332 e. The lowest BCUT2D eigenvalue weighted by Crippen LogP contribution is -2.40. The van der Waals surface area contributed by atoms with Gasteiger partial charge >= 0.3 is 5.69 Å². The Morgan fingerprint density at radius 1 is 0.921 bits per heavy atom. The molecule has 4 aromatic rings. The standard InChI is InChI=1S/C30H33N3O5/c1-6-20(3)31-28(34)22-13-11-21(12-14-22)17-33-29(35)24-15-26(37-4)27(38-5)16-25(24)32(30(33)36)18-23-10-8-7-9-19(23)2/h7-16,20H,6,17-18H2,1-5H3,(H,31,34). The molecule has 0 saturated carbocycles. The van der Waals surface area contributed by atoms with Gasteiger partial charge in [0.15, 0.2) is 11.5 Å². The predicted molar refractivity (Wildman–Crippen MR) is 149 cm³/mol. The van der Waals surface area contributed by atoms with E-state index in [0.717, 1.165) is 23.1 Å². The van der Waals surface area contributed by atoms with Crippen LogP contribution in [-0.4, -0.2) is 35.3 Å². The van der Waals surface area contributed by atoms with Crippen molar-refractivity contribution in [3.8, 4) is 11.5 Å². The maximum Gasteiger partial charge on any atom is 0.332 e. The first-order valence-electron chi connectivity index (χ1n) is 12.6. The average Bonchev–Trinajstić information content (AvgIpc) is 2.93. The third-order valence-corrected chi connectivity index (χ3v) is 6.87. The van der Waals surface area contributed by atoms with Crippen LogP contribution in [0.15, 0.2) is 70.3 Å². The zero-order chi connectivity index (χ0) is 27.4. The van der Waals surface area contributed by atoms with Gasteiger partial charge in [-0.2, -0.15) is 0 Å². The predicted octanol–water partition coefficient (Wildman–Crippen LogP) is 4.11. The number of hydrogen-bond donors (Lipinski definition) is 1. The maximum absolute atomic E-state index is 13.8. The Kier molecular flexibility index (Phi) is 8.00. The van der Waals surface area contributed by atoms with Crippen LogP contribution in [0.3, 0.4) is 0 Å². The van der Waals surface area contributed by atoms with Gasteiger partial charge in [0.1, 0.15) is 0 Å². The van der Waals surface area contributed by atoms with E-state index in [4.69, 9.17) is 9.47 Å². The highest BCUT2D eigenvalue weighted by Crippen LogP contribution is 2.30. The van der Waals surface area contributed by atoms with Gasteiger partial charge in [0, 0.05) is 17.7 Å². The molecule has 0 bridgehead atoms. The van der Waals surface area contributed by atoms with Gasteiger partial charge in [0.2, 0.25) is 0 Å². The molecule has 0 saturated heterocycles. The van der Waals surface area contributed by atoms with Crippen molar-refractivity contribution >= 4 is 16.8 Å². The van der Waals surface area contributed by atoms with E-state index in [-0.39, 0.29) is 25.0 Å². The number of aryl methyl sites for hydroxylation is 1. The Hall–Kier alpha value is -4.33. The van der Waals surface area contributed by atoms with Crippen molar-refractivity contribution < 1.29 is 14.3 Å². The van der Waals surface area contributed by atoms with E-state index in [1.54, 1.807) is 41.0 Å². The molecule has 1 amide bonds. The van der Waals surface area contributed by atoms with Gasteiger partial charge in [-0.25, -0.2) is 4.79 Å². The van der Waals surface area contributed by atoms with Crippen LogP contribution in [0, 0.1) is 6.92 Å². The summed E-state index contributed by atoms with van der Waals surface area (Å²) in [5.41, 5.74) is 2.86. The molecule has 198 valence electrons. The minimum Gasteiger partial charge on any atom is -0.493 e. The topological polar surface area (TPSA) is 91.6 Å². The number of nitrogens with zero attached hydrogens (tertiary/aromatic N) is 2. The summed E-state index contributed by atoms with van der Waals surface area (Å²) >= 11 is 0. The molecule has 0 radical (unpaired) electrons. The van der Waals surface area contributed by atoms with Gasteiger partial charge in [0.25, 0.3) is 11.5 Å². The maximum atomic E-state index is 13.8. The van der Waals surface area contributed by atoms with Crippen molar-refractivity contribution in [2.45, 2.75) is 46.3 Å². The minimum absolute atomic E-state index is 0.0585. The zero-order valence-corrected chi connectivity index (χ0v) is 22.4. The molecule has 1 heterocycles. The van der Waals surface area contributed by atoms with Crippen LogP contribution >= 0.6 is 0 Å². The molecular formula is C30H33N3O5. The first kappa shape index (κ1) is 26.7. The van der Waals surface area contributed by atoms with Crippen molar-refractivity contribution in [3.63, 3.8) is 0 Å². The molecule has 1 atom stereocenters. The van der Waals surface area contributed by atoms with Crippen LogP contribution in [0.1, 0.15) is 47.3 Å². The lowest BCUT2D eigenvalue weighted by Gasteiger charge is -2.17. The minimum atomic E-state index is -0.434. The van der Waals surface area contributed by atoms with E-state index in [0.29, 0.717) is 28.0 Å². The summed E-state index contributed by atoms with van der Waals surface area (Å²) < 4.78 is 13.7. The van der Waals surface area contributed by atoms with Crippen LogP contribution in [0.4, 0.5) is 0 Å². The number of fused-ring (bicyclic) bond motifs is 1. The summed E-state index contributed by atoms with van der Waals surface area (Å²) in [6.07, 6.45) is 0.833. The molecule has 1 unspecified atom stereocenters. The number of nitrogens with one attached hydrogen (secondary N) is 1. The molecule has 8 nitrogen and oxygen atoms in total. The van der Waals surface area contributed by atoms with E-state index < -0.39 is 11.2 Å². The first-order chi connectivity index (χ1) is 18.3. The summed E-state index contributed by atoms with van der Waals surface area (Å²) in [6.45, 7) is 6.29. The Morgan fingerprint density at radius 3 is 2.21 bits per heavy atom. The molecule has 1 aromatic heterocycles. The van der Waals surface area contributed by atoms with Crippen LogP contribution in [0.2, 0.25) is 0 Å². The summed E-state index contributed by atoms with van der Waals surface area (Å²) in [6, 6.07) is 18.1. The number of amides is 1. The normalized spacial score (nSPS) is 11.8. The van der Waals surface area contributed by atoms with E-state index in [2.05, 4.69) is 5.32 Å². The summed E-state index contributed by atoms with van der Waals surface area (Å²) in [7, 11) is 3.02. The molecule has 0 spiro atoms. The summed E-state index contributed by atoms with van der Waals surface area (Å²) in [5, 5.41) is 3.29. The fourth-order valence-electron chi connectivity index (χ4n) is 4.35. The second kappa shape index (κ2) is 11.4. The summed E-state index contributed by atoms with van der Waals surface area (Å²) in [5.74, 6) is 0.679. The van der Waals surface area contributed by atoms with Gasteiger partial charge < -0.3 is 14.8 Å². The lowest BCUT2D eigenvalue weighted by atomic mass is 10.1. The Bertz CT molecular complexity index is 1590. The van der Waals surface area contributed by atoms with E-state index in [9.17, 15) is 14.4 Å². The quantitative estimate of drug-likeness (QED) is 0.362. The number of rotatable bonds is 9. The molecule has 38 heavy (non-hydrogen) atoms. The van der Waals surface area contributed by atoms with Gasteiger partial charge in [-0.05, 0) is 55.2 Å². The van der Waals surface area contributed by atoms with E-state index >= 15 is 0 Å². The number of benzene rings is 3. The van der Waals surface area contributed by atoms with Crippen LogP contribution in [0.25, 0.3) is 10.9 Å². The number of ether oxygens (including phenoxy) is 2. The van der Waals surface area contributed by atoms with Crippen LogP contribution < -0.4 is 26.0 Å². The molecule has 0 aliphatic heterocycles. The van der Waals surface area contributed by atoms with Gasteiger partial charge in [-0.15, -0.1) is 0 Å². The molecule has 3 aromatic carbocycles. The van der Waals surface area contributed by atoms with Gasteiger partial charge in [-0.3, -0.25) is 18.7 Å². The van der Waals surface area contributed by atoms with Gasteiger partial charge in [0.05, 0.1) is 38.2 Å². The highest BCUT2D eigenvalue weighted by molar-refractivity contribution is 5.94. The van der Waals surface area contributed by atoms with Crippen molar-refractivity contribution in [2.75, 3.05) is 14.2 Å². The van der Waals surface area contributed by atoms with Crippen molar-refractivity contribution in [1.29, 1.82) is 0 Å². The SMILES string of the molecule is CCC(C)NC(=O)c1ccc(Cn2c(=O)c3cc(OC)c(OC)cc3n(Cc3ccccc3C)c2=O)cc1. The highest BCUT2D eigenvalue weighted by Gasteiger charge is 2.18. The van der Waals surface area contributed by atoms with E-state index in [1.165, 1.54) is 18.8 Å². The van der Waals surface area contributed by atoms with Crippen molar-refractivity contribution in [2.24, 2.45) is 0 Å². The monoisotopic (exact) mass is 515 g/mol. The first-order valence-corrected chi connectivity index (χ1v) is 12.6. The molecule has 0 aliphatic rings. The fraction of sp³-hybridized carbons (Fsp3) is 0.300. The molecule has 8 heteroatoms. The third-order valence-electron chi connectivity index (χ3n) is 6.87. The van der Waals surface area contributed by atoms with Gasteiger partial charge in [-0.1, -0.05) is 43.3 Å². The van der Waals surface area contributed by atoms with Crippen LogP contribution in [-0.2, 0) is 13.1 Å². The highest BCUT2D eigenvalue weighted by atomic mass is 16.5. The second-order valence-electron chi connectivity index (χ2n) is 9.39. The van der Waals surface area contributed by atoms with E-state index in [1.807, 2.05) is 45.0 Å². The van der Waals surface area contributed by atoms with Crippen LogP contribution in [0.5, 0.6) is 11.5 Å². The van der Waals surface area contributed by atoms with Crippen molar-refractivity contribution in [1.82, 2.24) is 14.5 Å². The average molecular weight is 516 g/mol. The Balaban J connectivity index is 1.82. The molecular weight excluding hydrogens is 482 g/mol. The molecule has 0 aliphatic carbocycles. The fourth-order valence-corrected chi connectivity index (χ4v) is 4.35. The summed E-state index contributed by atoms with van der Waals surface area (Å²) in [4.78, 5) is 39.9.